The van der Waals surface area contributed by atoms with Crippen molar-refractivity contribution in [3.05, 3.63) is 35.7 Å². The Labute approximate surface area is 126 Å². The largest absolute Gasteiger partial charge is 0.481 e. The molecule has 2 aromatic heterocycles. The van der Waals surface area contributed by atoms with Crippen molar-refractivity contribution in [3.8, 4) is 11.3 Å². The summed E-state index contributed by atoms with van der Waals surface area (Å²) in [5.74, 6) is -1.07. The van der Waals surface area contributed by atoms with Crippen molar-refractivity contribution in [1.82, 2.24) is 14.7 Å². The summed E-state index contributed by atoms with van der Waals surface area (Å²) in [6.45, 7) is -0.167. The Kier molecular flexibility index (Phi) is 4.61. The second kappa shape index (κ2) is 6.25. The molecular weight excluding hydrogens is 318 g/mol. The summed E-state index contributed by atoms with van der Waals surface area (Å²) in [5, 5.41) is 8.80. The third-order valence-electron chi connectivity index (χ3n) is 2.64. The van der Waals surface area contributed by atoms with Gasteiger partial charge in [-0.05, 0) is 18.2 Å². The number of aromatic amines is 1. The Morgan fingerprint density at radius 1 is 1.43 bits per heavy atom. The number of nitrogens with one attached hydrogen (secondary N) is 2. The van der Waals surface area contributed by atoms with Crippen molar-refractivity contribution in [2.75, 3.05) is 6.54 Å². The van der Waals surface area contributed by atoms with Gasteiger partial charge in [0, 0.05) is 30.2 Å². The molecule has 3 N–H and O–H groups in total. The maximum absolute atomic E-state index is 12.0. The van der Waals surface area contributed by atoms with Gasteiger partial charge in [0.05, 0.1) is 6.42 Å². The standard InChI is InChI=1S/C12H12ClN3O4S/c13-11-5-8(1-3-14-11)10-6-9(7-15-10)21(19,20)16-4-2-12(17)18/h1,3,5-7,15-16H,2,4H2,(H,17,18). The zero-order chi connectivity index (χ0) is 15.5. The third-order valence-corrected chi connectivity index (χ3v) is 4.28. The van der Waals surface area contributed by atoms with Crippen LogP contribution in [0.1, 0.15) is 6.42 Å². The van der Waals surface area contributed by atoms with Crippen molar-refractivity contribution < 1.29 is 18.3 Å². The lowest BCUT2D eigenvalue weighted by molar-refractivity contribution is -0.136. The molecule has 2 rings (SSSR count). The van der Waals surface area contributed by atoms with Crippen LogP contribution in [-0.2, 0) is 14.8 Å². The molecular formula is C12H12ClN3O4S. The monoisotopic (exact) mass is 329 g/mol. The second-order valence-corrected chi connectivity index (χ2v) is 6.31. The summed E-state index contributed by atoms with van der Waals surface area (Å²) in [6.07, 6.45) is 2.56. The van der Waals surface area contributed by atoms with E-state index < -0.39 is 16.0 Å². The van der Waals surface area contributed by atoms with E-state index in [4.69, 9.17) is 16.7 Å². The number of carbonyl (C=O) groups is 1. The molecule has 0 spiro atoms. The SMILES string of the molecule is O=C(O)CCNS(=O)(=O)c1c[nH]c(-c2ccnc(Cl)c2)c1. The number of carboxylic acids is 1. The number of H-pyrrole nitrogens is 1. The maximum Gasteiger partial charge on any atom is 0.304 e. The fourth-order valence-corrected chi connectivity index (χ4v) is 2.84. The molecule has 0 radical (unpaired) electrons. The van der Waals surface area contributed by atoms with Gasteiger partial charge in [-0.15, -0.1) is 0 Å². The van der Waals surface area contributed by atoms with E-state index in [1.54, 1.807) is 12.1 Å². The van der Waals surface area contributed by atoms with Crippen LogP contribution in [0.4, 0.5) is 0 Å². The molecule has 0 fully saturated rings. The Morgan fingerprint density at radius 3 is 2.86 bits per heavy atom. The molecule has 0 aliphatic carbocycles. The molecule has 0 bridgehead atoms. The van der Waals surface area contributed by atoms with Gasteiger partial charge in [0.1, 0.15) is 10.0 Å². The van der Waals surface area contributed by atoms with Crippen molar-refractivity contribution >= 4 is 27.6 Å². The number of nitrogens with zero attached hydrogens (tertiary/aromatic N) is 1. The third kappa shape index (κ3) is 4.03. The number of sulfonamides is 1. The van der Waals surface area contributed by atoms with Gasteiger partial charge in [-0.25, -0.2) is 18.1 Å². The van der Waals surface area contributed by atoms with E-state index in [1.165, 1.54) is 18.5 Å². The summed E-state index contributed by atoms with van der Waals surface area (Å²) in [4.78, 5) is 17.1. The zero-order valence-corrected chi connectivity index (χ0v) is 12.3. The van der Waals surface area contributed by atoms with E-state index in [2.05, 4.69) is 14.7 Å². The van der Waals surface area contributed by atoms with Crippen molar-refractivity contribution in [2.45, 2.75) is 11.3 Å². The van der Waals surface area contributed by atoms with Gasteiger partial charge in [0.15, 0.2) is 0 Å². The number of rotatable bonds is 6. The summed E-state index contributed by atoms with van der Waals surface area (Å²) < 4.78 is 26.1. The molecule has 112 valence electrons. The van der Waals surface area contributed by atoms with Crippen molar-refractivity contribution in [2.24, 2.45) is 0 Å². The first-order valence-electron chi connectivity index (χ1n) is 5.90. The number of aliphatic carboxylic acids is 1. The molecule has 0 unspecified atom stereocenters. The van der Waals surface area contributed by atoms with Gasteiger partial charge in [-0.1, -0.05) is 11.6 Å². The number of carboxylic acid groups (broad SMARTS) is 1. The number of aromatic nitrogens is 2. The lowest BCUT2D eigenvalue weighted by atomic mass is 10.2. The summed E-state index contributed by atoms with van der Waals surface area (Å²) in [5.41, 5.74) is 1.26. The highest BCUT2D eigenvalue weighted by Gasteiger charge is 2.16. The summed E-state index contributed by atoms with van der Waals surface area (Å²) >= 11 is 5.78. The van der Waals surface area contributed by atoms with Crippen LogP contribution in [0.3, 0.4) is 0 Å². The summed E-state index contributed by atoms with van der Waals surface area (Å²) in [7, 11) is -3.75. The van der Waals surface area contributed by atoms with Crippen LogP contribution in [0.5, 0.6) is 0 Å². The van der Waals surface area contributed by atoms with Crippen LogP contribution < -0.4 is 4.72 Å². The number of hydrogen-bond donors (Lipinski definition) is 3. The van der Waals surface area contributed by atoms with Gasteiger partial charge in [0.25, 0.3) is 0 Å². The fraction of sp³-hybridized carbons (Fsp3) is 0.167. The molecule has 0 aliphatic rings. The molecule has 0 aliphatic heterocycles. The van der Waals surface area contributed by atoms with E-state index in [0.717, 1.165) is 0 Å². The van der Waals surface area contributed by atoms with E-state index in [9.17, 15) is 13.2 Å². The Morgan fingerprint density at radius 2 is 2.19 bits per heavy atom. The van der Waals surface area contributed by atoms with Gasteiger partial charge >= 0.3 is 5.97 Å². The second-order valence-electron chi connectivity index (χ2n) is 4.16. The first-order chi connectivity index (χ1) is 9.88. The highest BCUT2D eigenvalue weighted by molar-refractivity contribution is 7.89. The van der Waals surface area contributed by atoms with Gasteiger partial charge in [-0.3, -0.25) is 4.79 Å². The minimum atomic E-state index is -3.75. The number of hydrogen-bond acceptors (Lipinski definition) is 4. The average Bonchev–Trinajstić information content (AvgIpc) is 2.88. The highest BCUT2D eigenvalue weighted by Crippen LogP contribution is 2.22. The first-order valence-corrected chi connectivity index (χ1v) is 7.76. The molecule has 21 heavy (non-hydrogen) atoms. The molecule has 9 heteroatoms. The molecule has 0 amide bonds. The predicted octanol–water partition coefficient (Wildman–Crippen LogP) is 1.48. The normalized spacial score (nSPS) is 11.5. The molecule has 2 heterocycles. The maximum atomic E-state index is 12.0. The average molecular weight is 330 g/mol. The molecule has 0 aromatic carbocycles. The van der Waals surface area contributed by atoms with Crippen molar-refractivity contribution in [1.29, 1.82) is 0 Å². The van der Waals surface area contributed by atoms with Gasteiger partial charge < -0.3 is 10.1 Å². The lowest BCUT2D eigenvalue weighted by Crippen LogP contribution is -2.25. The van der Waals surface area contributed by atoms with E-state index in [-0.39, 0.29) is 17.9 Å². The molecule has 7 nitrogen and oxygen atoms in total. The van der Waals surface area contributed by atoms with Crippen molar-refractivity contribution in [3.63, 3.8) is 0 Å². The van der Waals surface area contributed by atoms with E-state index in [1.807, 2.05) is 0 Å². The molecule has 0 atom stereocenters. The molecule has 2 aromatic rings. The zero-order valence-electron chi connectivity index (χ0n) is 10.7. The topological polar surface area (TPSA) is 112 Å². The minimum absolute atomic E-state index is 0.0239. The Bertz CT molecular complexity index is 757. The quantitative estimate of drug-likeness (QED) is 0.695. The van der Waals surface area contributed by atoms with Crippen LogP contribution in [0.15, 0.2) is 35.5 Å². The molecule has 0 saturated carbocycles. The van der Waals surface area contributed by atoms with Crippen LogP contribution in [0, 0.1) is 0 Å². The predicted molar refractivity (Wildman–Crippen MR) is 76.5 cm³/mol. The van der Waals surface area contributed by atoms with Gasteiger partial charge in [0.2, 0.25) is 10.0 Å². The van der Waals surface area contributed by atoms with Crippen LogP contribution in [0.25, 0.3) is 11.3 Å². The van der Waals surface area contributed by atoms with Crippen LogP contribution >= 0.6 is 11.6 Å². The summed E-state index contributed by atoms with van der Waals surface area (Å²) in [6, 6.07) is 4.72. The Balaban J connectivity index is 2.17. The Hall–Kier alpha value is -1.90. The van der Waals surface area contributed by atoms with E-state index >= 15 is 0 Å². The lowest BCUT2D eigenvalue weighted by Gasteiger charge is -2.02. The number of halogens is 1. The highest BCUT2D eigenvalue weighted by atomic mass is 35.5. The van der Waals surface area contributed by atoms with E-state index in [0.29, 0.717) is 16.4 Å². The first kappa shape index (κ1) is 15.5. The smallest absolute Gasteiger partial charge is 0.304 e. The molecule has 0 saturated heterocycles. The van der Waals surface area contributed by atoms with Crippen LogP contribution in [-0.4, -0.2) is 36.0 Å². The number of pyridine rings is 1. The van der Waals surface area contributed by atoms with Gasteiger partial charge in [-0.2, -0.15) is 0 Å². The minimum Gasteiger partial charge on any atom is -0.481 e. The fourth-order valence-electron chi connectivity index (χ4n) is 1.64. The van der Waals surface area contributed by atoms with Crippen LogP contribution in [0.2, 0.25) is 5.15 Å².